The Morgan fingerprint density at radius 1 is 1.00 bits per heavy atom. The van der Waals surface area contributed by atoms with Crippen molar-refractivity contribution in [1.82, 2.24) is 25.2 Å². The minimum atomic E-state index is -4.86. The van der Waals surface area contributed by atoms with Crippen LogP contribution in [-0.4, -0.2) is 43.1 Å². The highest BCUT2D eigenvalue weighted by atomic mass is 19.4. The smallest absolute Gasteiger partial charge is 0.422 e. The molecule has 37 heavy (non-hydrogen) atoms. The molecule has 0 aliphatic heterocycles. The van der Waals surface area contributed by atoms with E-state index in [2.05, 4.69) is 25.2 Å². The Kier molecular flexibility index (Phi) is 5.04. The summed E-state index contributed by atoms with van der Waals surface area (Å²) in [4.78, 5) is 3.49. The molecule has 2 aromatic heterocycles. The molecule has 2 heterocycles. The van der Waals surface area contributed by atoms with Crippen LogP contribution in [0.2, 0.25) is 0 Å². The van der Waals surface area contributed by atoms with Crippen molar-refractivity contribution >= 4 is 0 Å². The van der Waals surface area contributed by atoms with Crippen molar-refractivity contribution in [3.05, 3.63) is 89.9 Å². The molecule has 0 saturated heterocycles. The van der Waals surface area contributed by atoms with Crippen molar-refractivity contribution in [3.8, 4) is 16.9 Å². The van der Waals surface area contributed by atoms with Crippen LogP contribution in [0.5, 0.6) is 5.75 Å². The molecule has 0 bridgehead atoms. The number of alkyl halides is 5. The van der Waals surface area contributed by atoms with Crippen molar-refractivity contribution < 1.29 is 48.8 Å². The van der Waals surface area contributed by atoms with Crippen LogP contribution in [0, 0.1) is 11.6 Å². The molecule has 2 aromatic carbocycles. The van der Waals surface area contributed by atoms with Crippen LogP contribution in [0.3, 0.4) is 0 Å². The first-order chi connectivity index (χ1) is 19.8. The van der Waals surface area contributed by atoms with Gasteiger partial charge in [-0.15, -0.1) is 5.10 Å². The van der Waals surface area contributed by atoms with E-state index >= 15 is 8.78 Å². The van der Waals surface area contributed by atoms with E-state index in [0.29, 0.717) is 30.7 Å². The van der Waals surface area contributed by atoms with E-state index in [4.69, 9.17) is 8.22 Å². The lowest BCUT2D eigenvalue weighted by molar-refractivity contribution is -0.207. The second-order valence-corrected chi connectivity index (χ2v) is 7.32. The van der Waals surface area contributed by atoms with Gasteiger partial charge in [0.2, 0.25) is 0 Å². The summed E-state index contributed by atoms with van der Waals surface area (Å²) in [5.41, 5.74) is -7.93. The minimum Gasteiger partial charge on any atom is -0.484 e. The van der Waals surface area contributed by atoms with Gasteiger partial charge in [0.05, 0.1) is 14.7 Å². The van der Waals surface area contributed by atoms with Crippen LogP contribution in [0.25, 0.3) is 11.1 Å². The third-order valence-corrected chi connectivity index (χ3v) is 4.76. The molecule has 0 aliphatic carbocycles. The van der Waals surface area contributed by atoms with Gasteiger partial charge in [-0.1, -0.05) is 18.2 Å². The highest BCUT2D eigenvalue weighted by molar-refractivity contribution is 5.63. The zero-order valence-electron chi connectivity index (χ0n) is 24.0. The Hall–Kier alpha value is -4.07. The van der Waals surface area contributed by atoms with Gasteiger partial charge in [0.15, 0.2) is 12.2 Å². The fourth-order valence-electron chi connectivity index (χ4n) is 3.05. The van der Waals surface area contributed by atoms with Gasteiger partial charge in [-0.3, -0.25) is 4.98 Å². The Morgan fingerprint density at radius 3 is 2.30 bits per heavy atom. The van der Waals surface area contributed by atoms with Crippen molar-refractivity contribution in [2.75, 3.05) is 6.61 Å². The minimum absolute atomic E-state index is 0.0742. The number of hydrogen-bond acceptors (Lipinski definition) is 6. The second-order valence-electron chi connectivity index (χ2n) is 7.32. The molecule has 7 nitrogen and oxygen atoms in total. The summed E-state index contributed by atoms with van der Waals surface area (Å²) in [5, 5.41) is 20.8. The topological polar surface area (TPSA) is 86.0 Å². The van der Waals surface area contributed by atoms with Crippen LogP contribution < -0.4 is 4.74 Å². The summed E-state index contributed by atoms with van der Waals surface area (Å²) in [6.45, 7) is -5.64. The number of tetrazole rings is 1. The second kappa shape index (κ2) is 9.76. The maximum Gasteiger partial charge on any atom is 0.422 e. The van der Waals surface area contributed by atoms with Gasteiger partial charge in [-0.05, 0) is 46.3 Å². The molecule has 1 N–H and O–H groups in total. The zero-order valence-corrected chi connectivity index (χ0v) is 18.0. The number of aromatic nitrogens is 5. The van der Waals surface area contributed by atoms with E-state index in [-0.39, 0.29) is 16.3 Å². The van der Waals surface area contributed by atoms with E-state index in [1.165, 1.54) is 0 Å². The van der Waals surface area contributed by atoms with Gasteiger partial charge in [0, 0.05) is 23.4 Å². The van der Waals surface area contributed by atoms with E-state index in [1.54, 1.807) is 0 Å². The highest BCUT2D eigenvalue weighted by Gasteiger charge is 2.58. The number of benzene rings is 2. The zero-order chi connectivity index (χ0) is 32.1. The molecule has 194 valence electrons. The van der Waals surface area contributed by atoms with E-state index in [9.17, 15) is 27.1 Å². The average Bonchev–Trinajstić information content (AvgIpc) is 3.47. The molecule has 0 spiro atoms. The Bertz CT molecular complexity index is 1630. The molecular weight excluding hydrogens is 511 g/mol. The highest BCUT2D eigenvalue weighted by Crippen LogP contribution is 2.46. The fourth-order valence-corrected chi connectivity index (χ4v) is 3.05. The molecule has 0 aliphatic rings. The predicted molar refractivity (Wildman–Crippen MR) is 113 cm³/mol. The first-order valence-electron chi connectivity index (χ1n) is 12.9. The average molecular weight is 533 g/mol. The monoisotopic (exact) mass is 533 g/mol. The lowest BCUT2D eigenvalue weighted by atomic mass is 9.84. The Labute approximate surface area is 212 Å². The number of pyridine rings is 1. The maximum absolute atomic E-state index is 16.2. The largest absolute Gasteiger partial charge is 0.484 e. The summed E-state index contributed by atoms with van der Waals surface area (Å²) < 4.78 is 152. The van der Waals surface area contributed by atoms with Crippen LogP contribution in [0.4, 0.5) is 30.7 Å². The van der Waals surface area contributed by atoms with Crippen LogP contribution in [-0.2, 0) is 18.0 Å². The van der Waals surface area contributed by atoms with Crippen LogP contribution >= 0.6 is 0 Å². The standard InChI is InChI=1S/C23H16F7N5O2/c24-16-4-7-18(19(25)9-16)21(36,11-35-13-32-33-34-35)23(29,30)20-8-3-15(10-31-20)14-1-5-17(6-2-14)37-12-22(26,27)28/h1-10,13,36H,11-12H2/i1D,2D,5D,6D,11D2. The lowest BCUT2D eigenvalue weighted by Gasteiger charge is -2.35. The SMILES string of the molecule is [2H]c1c([2H])c(-c2ccc(C(F)(F)C(O)(c3ccc(F)cc3F)C([2H])([2H])n3cnnn3)nc2)c([2H])c([2H])c1OCC(F)(F)F. The third kappa shape index (κ3) is 5.53. The van der Waals surface area contributed by atoms with E-state index in [0.717, 1.165) is 6.07 Å². The predicted octanol–water partition coefficient (Wildman–Crippen LogP) is 4.63. The van der Waals surface area contributed by atoms with Crippen molar-refractivity contribution in [2.24, 2.45) is 0 Å². The Morgan fingerprint density at radius 2 is 1.73 bits per heavy atom. The van der Waals surface area contributed by atoms with Gasteiger partial charge < -0.3 is 9.84 Å². The Balaban J connectivity index is 1.84. The summed E-state index contributed by atoms with van der Waals surface area (Å²) in [7, 11) is 0. The van der Waals surface area contributed by atoms with Crippen LogP contribution in [0.1, 0.15) is 19.5 Å². The van der Waals surface area contributed by atoms with Gasteiger partial charge >= 0.3 is 12.1 Å². The molecule has 1 atom stereocenters. The normalized spacial score (nSPS) is 16.5. The maximum atomic E-state index is 16.2. The van der Waals surface area contributed by atoms with Gasteiger partial charge in [-0.2, -0.15) is 22.0 Å². The molecule has 1 unspecified atom stereocenters. The molecule has 4 aromatic rings. The fraction of sp³-hybridized carbons (Fsp3) is 0.217. The lowest BCUT2D eigenvalue weighted by Crippen LogP contribution is -2.48. The quantitative estimate of drug-likeness (QED) is 0.333. The number of ether oxygens (including phenoxy) is 1. The first kappa shape index (κ1) is 19.1. The van der Waals surface area contributed by atoms with Crippen molar-refractivity contribution in [3.63, 3.8) is 0 Å². The van der Waals surface area contributed by atoms with E-state index < -0.39 is 89.2 Å². The molecule has 0 radical (unpaired) electrons. The number of hydrogen-bond donors (Lipinski definition) is 1. The van der Waals surface area contributed by atoms with Gasteiger partial charge in [0.25, 0.3) is 0 Å². The summed E-state index contributed by atoms with van der Waals surface area (Å²) in [5.74, 6) is -8.85. The van der Waals surface area contributed by atoms with Gasteiger partial charge in [-0.25, -0.2) is 13.5 Å². The first-order valence-corrected chi connectivity index (χ1v) is 9.90. The molecule has 0 saturated carbocycles. The van der Waals surface area contributed by atoms with Gasteiger partial charge in [0.1, 0.15) is 29.4 Å². The summed E-state index contributed by atoms with van der Waals surface area (Å²) in [6.07, 6.45) is -3.74. The number of rotatable bonds is 8. The molecule has 14 heteroatoms. The number of nitrogens with zero attached hydrogens (tertiary/aromatic N) is 5. The van der Waals surface area contributed by atoms with Crippen molar-refractivity contribution in [1.29, 1.82) is 0 Å². The summed E-state index contributed by atoms with van der Waals surface area (Å²) >= 11 is 0. The molecule has 0 amide bonds. The van der Waals surface area contributed by atoms with Crippen molar-refractivity contribution in [2.45, 2.75) is 24.2 Å². The third-order valence-electron chi connectivity index (χ3n) is 4.76. The molecule has 4 rings (SSSR count). The molecular formula is C23H16F7N5O2. The molecule has 0 fully saturated rings. The van der Waals surface area contributed by atoms with E-state index in [1.807, 2.05) is 0 Å². The van der Waals surface area contributed by atoms with Crippen LogP contribution in [0.15, 0.2) is 67.0 Å². The number of halogens is 7. The summed E-state index contributed by atoms with van der Waals surface area (Å²) in [6, 6.07) is -1.53. The number of aliphatic hydroxyl groups is 1.